The number of phenols is 1. The molecule has 4 aromatic rings. The van der Waals surface area contributed by atoms with E-state index in [0.717, 1.165) is 23.9 Å². The van der Waals surface area contributed by atoms with Crippen molar-refractivity contribution in [3.05, 3.63) is 59.3 Å². The zero-order valence-electron chi connectivity index (χ0n) is 19.1. The zero-order valence-corrected chi connectivity index (χ0v) is 19.1. The summed E-state index contributed by atoms with van der Waals surface area (Å²) < 4.78 is 1.71. The number of amides is 1. The predicted octanol–water partition coefficient (Wildman–Crippen LogP) is 2.72. The number of aromatic hydroxyl groups is 1. The highest BCUT2D eigenvalue weighted by Crippen LogP contribution is 2.31. The van der Waals surface area contributed by atoms with Crippen molar-refractivity contribution in [3.8, 4) is 23.1 Å². The van der Waals surface area contributed by atoms with Crippen molar-refractivity contribution in [2.75, 3.05) is 11.1 Å². The van der Waals surface area contributed by atoms with Crippen molar-refractivity contribution >= 4 is 23.1 Å². The molecule has 1 amide bonds. The van der Waals surface area contributed by atoms with Crippen molar-refractivity contribution in [1.82, 2.24) is 29.9 Å². The molecule has 5 N–H and O–H groups in total. The second-order valence-corrected chi connectivity index (χ2v) is 8.59. The topological polar surface area (TPSA) is 167 Å². The summed E-state index contributed by atoms with van der Waals surface area (Å²) in [5.41, 5.74) is 9.13. The molecule has 0 aliphatic heterocycles. The fourth-order valence-electron chi connectivity index (χ4n) is 3.84. The van der Waals surface area contributed by atoms with Crippen LogP contribution in [0.1, 0.15) is 53.1 Å². The fourth-order valence-corrected chi connectivity index (χ4v) is 3.84. The van der Waals surface area contributed by atoms with Crippen molar-refractivity contribution in [3.63, 3.8) is 0 Å². The minimum Gasteiger partial charge on any atom is -0.508 e. The lowest BCUT2D eigenvalue weighted by Gasteiger charge is -2.17. The van der Waals surface area contributed by atoms with Crippen LogP contribution in [-0.2, 0) is 0 Å². The maximum atomic E-state index is 12.7. The highest BCUT2D eigenvalue weighted by molar-refractivity contribution is 5.97. The molecule has 1 aromatic carbocycles. The van der Waals surface area contributed by atoms with Crippen molar-refractivity contribution in [2.45, 2.75) is 38.8 Å². The van der Waals surface area contributed by atoms with Gasteiger partial charge in [-0.1, -0.05) is 0 Å². The first kappa shape index (κ1) is 22.1. The van der Waals surface area contributed by atoms with Crippen LogP contribution in [0.15, 0.2) is 36.8 Å². The van der Waals surface area contributed by atoms with Crippen LogP contribution in [0.2, 0.25) is 0 Å². The molecule has 3 aromatic heterocycles. The van der Waals surface area contributed by atoms with E-state index in [-0.39, 0.29) is 34.9 Å². The number of fused-ring (bicyclic) bond motifs is 1. The third-order valence-corrected chi connectivity index (χ3v) is 5.82. The number of nitrogens with two attached hydrogens (primary N) is 1. The third kappa shape index (κ3) is 4.29. The van der Waals surface area contributed by atoms with Crippen LogP contribution in [-0.4, -0.2) is 41.6 Å². The Balaban J connectivity index is 1.58. The molecule has 1 atom stereocenters. The average molecular weight is 470 g/mol. The number of rotatable bonds is 6. The summed E-state index contributed by atoms with van der Waals surface area (Å²) in [6.07, 6.45) is 5.02. The normalized spacial score (nSPS) is 13.9. The first-order chi connectivity index (χ1) is 16.8. The maximum Gasteiger partial charge on any atom is 0.251 e. The molecule has 1 fully saturated rings. The van der Waals surface area contributed by atoms with Crippen molar-refractivity contribution in [2.24, 2.45) is 0 Å². The maximum absolute atomic E-state index is 12.7. The monoisotopic (exact) mass is 469 g/mol. The quantitative estimate of drug-likeness (QED) is 0.332. The molecule has 1 unspecified atom stereocenters. The molecule has 5 rings (SSSR count). The lowest BCUT2D eigenvalue weighted by molar-refractivity contribution is 0.0950. The summed E-state index contributed by atoms with van der Waals surface area (Å²) in [5.74, 6) is 0.496. The first-order valence-electron chi connectivity index (χ1n) is 11.1. The minimum atomic E-state index is -0.461. The standard InChI is InChI=1S/C24H23N9O2/c1-12-5-6-33-20(12)19(14-7-15(9-17(34)8-14)24(35)30-16-3-4-16)31-22(32-33)13(2)29-23-18(10-25)21(26)27-11-28-23/h5-9,11,13,16,34H,3-4H2,1-2H3,(H,30,35)(H3,26,27,28,29). The number of nitrogens with zero attached hydrogens (tertiary/aromatic N) is 6. The number of anilines is 2. The van der Waals surface area contributed by atoms with Crippen LogP contribution in [0.5, 0.6) is 5.75 Å². The van der Waals surface area contributed by atoms with Gasteiger partial charge in [0.2, 0.25) is 0 Å². The number of aromatic nitrogens is 5. The van der Waals surface area contributed by atoms with Gasteiger partial charge in [-0.2, -0.15) is 10.4 Å². The number of nitriles is 1. The Labute approximate surface area is 200 Å². The first-order valence-corrected chi connectivity index (χ1v) is 11.1. The number of carbonyl (C=O) groups is 1. The Morgan fingerprint density at radius 2 is 2.11 bits per heavy atom. The SMILES string of the molecule is Cc1ccn2nc(C(C)Nc3ncnc(N)c3C#N)nc(-c3cc(O)cc(C(=O)NC4CC4)c3)c12. The van der Waals surface area contributed by atoms with E-state index >= 15 is 0 Å². The number of aryl methyl sites for hydroxylation is 1. The van der Waals surface area contributed by atoms with Gasteiger partial charge in [0.05, 0.1) is 17.3 Å². The van der Waals surface area contributed by atoms with Crippen LogP contribution in [0.3, 0.4) is 0 Å². The van der Waals surface area contributed by atoms with Crippen LogP contribution in [0.4, 0.5) is 11.6 Å². The van der Waals surface area contributed by atoms with Gasteiger partial charge in [-0.3, -0.25) is 4.79 Å². The summed E-state index contributed by atoms with van der Waals surface area (Å²) >= 11 is 0. The van der Waals surface area contributed by atoms with E-state index < -0.39 is 6.04 Å². The van der Waals surface area contributed by atoms with E-state index in [1.807, 2.05) is 32.2 Å². The lowest BCUT2D eigenvalue weighted by atomic mass is 10.0. The predicted molar refractivity (Wildman–Crippen MR) is 129 cm³/mol. The Bertz CT molecular complexity index is 1500. The van der Waals surface area contributed by atoms with Gasteiger partial charge in [-0.15, -0.1) is 0 Å². The van der Waals surface area contributed by atoms with Gasteiger partial charge in [0.1, 0.15) is 35.3 Å². The molecule has 1 aliphatic rings. The molecule has 176 valence electrons. The molecule has 0 saturated heterocycles. The lowest BCUT2D eigenvalue weighted by Crippen LogP contribution is -2.25. The molecule has 0 spiro atoms. The van der Waals surface area contributed by atoms with Gasteiger partial charge >= 0.3 is 0 Å². The van der Waals surface area contributed by atoms with E-state index in [1.165, 1.54) is 12.4 Å². The number of benzene rings is 1. The number of nitrogens with one attached hydrogen (secondary N) is 2. The van der Waals surface area contributed by atoms with Crippen molar-refractivity contribution < 1.29 is 9.90 Å². The van der Waals surface area contributed by atoms with Crippen LogP contribution in [0.25, 0.3) is 16.8 Å². The zero-order chi connectivity index (χ0) is 24.7. The molecule has 3 heterocycles. The average Bonchev–Trinajstić information content (AvgIpc) is 3.57. The Kier molecular flexibility index (Phi) is 5.41. The fraction of sp³-hybridized carbons (Fsp3) is 0.250. The number of hydrogen-bond donors (Lipinski definition) is 4. The number of phenolic OH excluding ortho intramolecular Hbond substituents is 1. The molecular weight excluding hydrogens is 446 g/mol. The van der Waals surface area contributed by atoms with Gasteiger partial charge in [0.15, 0.2) is 5.82 Å². The van der Waals surface area contributed by atoms with Gasteiger partial charge in [-0.25, -0.2) is 19.5 Å². The molecule has 11 nitrogen and oxygen atoms in total. The smallest absolute Gasteiger partial charge is 0.251 e. The highest BCUT2D eigenvalue weighted by atomic mass is 16.3. The van der Waals surface area contributed by atoms with Gasteiger partial charge < -0.3 is 21.5 Å². The molecule has 0 bridgehead atoms. The van der Waals surface area contributed by atoms with E-state index in [2.05, 4.69) is 25.7 Å². The van der Waals surface area contributed by atoms with Crippen LogP contribution >= 0.6 is 0 Å². The minimum absolute atomic E-state index is 0.0349. The number of carbonyl (C=O) groups excluding carboxylic acids is 1. The summed E-state index contributed by atoms with van der Waals surface area (Å²) in [5, 5.41) is 30.5. The largest absolute Gasteiger partial charge is 0.508 e. The summed E-state index contributed by atoms with van der Waals surface area (Å²) in [6.45, 7) is 3.77. The Morgan fingerprint density at radius 1 is 1.31 bits per heavy atom. The summed E-state index contributed by atoms with van der Waals surface area (Å²) in [6, 6.07) is 8.39. The van der Waals surface area contributed by atoms with E-state index in [1.54, 1.807) is 16.6 Å². The number of hydrogen-bond acceptors (Lipinski definition) is 9. The molecule has 1 aliphatic carbocycles. The molecule has 35 heavy (non-hydrogen) atoms. The van der Waals surface area contributed by atoms with Gasteiger partial charge in [0, 0.05) is 23.4 Å². The molecule has 1 saturated carbocycles. The molecular formula is C24H23N9O2. The van der Waals surface area contributed by atoms with Gasteiger partial charge in [0.25, 0.3) is 5.91 Å². The summed E-state index contributed by atoms with van der Waals surface area (Å²) in [4.78, 5) is 25.4. The van der Waals surface area contributed by atoms with E-state index in [4.69, 9.17) is 10.7 Å². The number of nitrogen functional groups attached to an aromatic ring is 1. The molecule has 0 radical (unpaired) electrons. The second kappa shape index (κ2) is 8.57. The van der Waals surface area contributed by atoms with Gasteiger partial charge in [-0.05, 0) is 56.5 Å². The molecule has 11 heteroatoms. The second-order valence-electron chi connectivity index (χ2n) is 8.59. The highest BCUT2D eigenvalue weighted by Gasteiger charge is 2.25. The third-order valence-electron chi connectivity index (χ3n) is 5.82. The van der Waals surface area contributed by atoms with E-state index in [0.29, 0.717) is 22.6 Å². The summed E-state index contributed by atoms with van der Waals surface area (Å²) in [7, 11) is 0. The van der Waals surface area contributed by atoms with Crippen molar-refractivity contribution in [1.29, 1.82) is 5.26 Å². The van der Waals surface area contributed by atoms with Crippen LogP contribution in [0, 0.1) is 18.3 Å². The van der Waals surface area contributed by atoms with E-state index in [9.17, 15) is 15.2 Å². The van der Waals surface area contributed by atoms with Crippen LogP contribution < -0.4 is 16.4 Å². The Morgan fingerprint density at radius 3 is 2.86 bits per heavy atom. The Hall–Kier alpha value is -4.72.